The highest BCUT2D eigenvalue weighted by Crippen LogP contribution is 2.37. The van der Waals surface area contributed by atoms with Crippen LogP contribution in [0.2, 0.25) is 0 Å². The Hall–Kier alpha value is -2.08. The Morgan fingerprint density at radius 1 is 1.27 bits per heavy atom. The van der Waals surface area contributed by atoms with E-state index in [9.17, 15) is 4.79 Å². The Morgan fingerprint density at radius 3 is 2.73 bits per heavy atom. The molecule has 0 aromatic carbocycles. The monoisotopic (exact) mass is 538 g/mol. The van der Waals surface area contributed by atoms with E-state index in [0.717, 1.165) is 40.8 Å². The van der Waals surface area contributed by atoms with Crippen molar-refractivity contribution in [2.24, 2.45) is 0 Å². The second kappa shape index (κ2) is 8.58. The van der Waals surface area contributed by atoms with Crippen molar-refractivity contribution in [3.63, 3.8) is 0 Å². The molecule has 30 heavy (non-hydrogen) atoms. The Morgan fingerprint density at radius 2 is 2.07 bits per heavy atom. The lowest BCUT2D eigenvalue weighted by Gasteiger charge is -2.37. The molecule has 1 aliphatic carbocycles. The summed E-state index contributed by atoms with van der Waals surface area (Å²) < 4.78 is 7.37. The standard InChI is InChI=1S/C20H23IN6O2S/c1-20(2,3)29-19(28)26-13-8-12(9-13)25-17-14-5-7-27(30-21)18(14)23-10-15(17)16-4-6-22-11-24-16/h4-7,10-13H,8-9H2,1-3H3,(H,23,25)(H,26,28)/t12-,13+. The van der Waals surface area contributed by atoms with Crippen molar-refractivity contribution >= 4 is 53.1 Å². The predicted molar refractivity (Wildman–Crippen MR) is 128 cm³/mol. The van der Waals surface area contributed by atoms with E-state index < -0.39 is 5.60 Å². The number of alkyl carbamates (subject to hydrolysis) is 1. The number of aromatic nitrogens is 4. The number of ether oxygens (including phenoxy) is 1. The van der Waals surface area contributed by atoms with Crippen LogP contribution in [0.5, 0.6) is 0 Å². The molecule has 0 unspecified atom stereocenters. The second-order valence-electron chi connectivity index (χ2n) is 8.25. The Kier molecular flexibility index (Phi) is 6.05. The molecule has 8 nitrogen and oxygen atoms in total. The molecule has 0 spiro atoms. The first kappa shape index (κ1) is 21.2. The van der Waals surface area contributed by atoms with Gasteiger partial charge in [0.05, 0.1) is 11.4 Å². The highest BCUT2D eigenvalue weighted by Gasteiger charge is 2.32. The minimum absolute atomic E-state index is 0.103. The second-order valence-corrected chi connectivity index (χ2v) is 9.96. The number of carbonyl (C=O) groups excluding carboxylic acids is 1. The van der Waals surface area contributed by atoms with Crippen molar-refractivity contribution in [3.05, 3.63) is 37.1 Å². The van der Waals surface area contributed by atoms with Crippen LogP contribution >= 0.6 is 30.3 Å². The Labute approximate surface area is 191 Å². The topological polar surface area (TPSA) is 94.0 Å². The van der Waals surface area contributed by atoms with Crippen LogP contribution in [-0.4, -0.2) is 42.7 Å². The Balaban J connectivity index is 1.53. The summed E-state index contributed by atoms with van der Waals surface area (Å²) in [5, 5.41) is 7.64. The minimum atomic E-state index is -0.496. The maximum atomic E-state index is 12.0. The van der Waals surface area contributed by atoms with Gasteiger partial charge in [0, 0.05) is 71.9 Å². The largest absolute Gasteiger partial charge is 0.444 e. The van der Waals surface area contributed by atoms with Gasteiger partial charge < -0.3 is 15.4 Å². The molecule has 0 aliphatic heterocycles. The number of amides is 1. The van der Waals surface area contributed by atoms with E-state index in [4.69, 9.17) is 4.74 Å². The number of carbonyl (C=O) groups is 1. The van der Waals surface area contributed by atoms with Crippen LogP contribution in [0.3, 0.4) is 0 Å². The van der Waals surface area contributed by atoms with E-state index in [2.05, 4.69) is 52.9 Å². The number of halogens is 1. The molecule has 0 bridgehead atoms. The van der Waals surface area contributed by atoms with Gasteiger partial charge in [-0.25, -0.2) is 19.7 Å². The number of anilines is 1. The fraction of sp³-hybridized carbons (Fsp3) is 0.400. The van der Waals surface area contributed by atoms with Crippen molar-refractivity contribution in [3.8, 4) is 11.3 Å². The van der Waals surface area contributed by atoms with Crippen LogP contribution in [0.1, 0.15) is 33.6 Å². The molecule has 2 N–H and O–H groups in total. The molecule has 10 heteroatoms. The summed E-state index contributed by atoms with van der Waals surface area (Å²) >= 11 is 2.24. The van der Waals surface area contributed by atoms with E-state index in [1.807, 2.05) is 43.2 Å². The molecule has 1 saturated carbocycles. The van der Waals surface area contributed by atoms with Crippen LogP contribution in [0, 0.1) is 0 Å². The summed E-state index contributed by atoms with van der Waals surface area (Å²) in [6.07, 6.45) is 8.42. The number of pyridine rings is 1. The lowest BCUT2D eigenvalue weighted by molar-refractivity contribution is 0.0475. The first-order valence-electron chi connectivity index (χ1n) is 9.65. The third-order valence-electron chi connectivity index (χ3n) is 4.82. The van der Waals surface area contributed by atoms with Gasteiger partial charge in [-0.15, -0.1) is 0 Å². The van der Waals surface area contributed by atoms with Gasteiger partial charge in [-0.2, -0.15) is 0 Å². The van der Waals surface area contributed by atoms with Crippen LogP contribution in [0.15, 0.2) is 37.1 Å². The van der Waals surface area contributed by atoms with Crippen molar-refractivity contribution in [1.29, 1.82) is 0 Å². The van der Waals surface area contributed by atoms with Gasteiger partial charge in [-0.3, -0.25) is 3.97 Å². The quantitative estimate of drug-likeness (QED) is 0.451. The van der Waals surface area contributed by atoms with Gasteiger partial charge in [-0.05, 0) is 45.7 Å². The summed E-state index contributed by atoms with van der Waals surface area (Å²) in [4.78, 5) is 25.1. The third-order valence-corrected chi connectivity index (χ3v) is 6.54. The van der Waals surface area contributed by atoms with Crippen LogP contribution in [0.25, 0.3) is 22.3 Å². The molecular formula is C20H23IN6O2S. The molecule has 4 rings (SSSR count). The average molecular weight is 538 g/mol. The smallest absolute Gasteiger partial charge is 0.407 e. The van der Waals surface area contributed by atoms with E-state index in [-0.39, 0.29) is 18.2 Å². The first-order chi connectivity index (χ1) is 14.3. The van der Waals surface area contributed by atoms with Crippen molar-refractivity contribution in [2.45, 2.75) is 51.3 Å². The molecule has 158 valence electrons. The fourth-order valence-corrected chi connectivity index (χ4v) is 4.72. The van der Waals surface area contributed by atoms with Gasteiger partial charge in [-0.1, -0.05) is 0 Å². The number of nitrogens with one attached hydrogen (secondary N) is 2. The minimum Gasteiger partial charge on any atom is -0.444 e. The van der Waals surface area contributed by atoms with Crippen molar-refractivity contribution < 1.29 is 9.53 Å². The van der Waals surface area contributed by atoms with Gasteiger partial charge >= 0.3 is 6.09 Å². The number of hydrogen-bond acceptors (Lipinski definition) is 7. The molecule has 1 aliphatic rings. The number of rotatable bonds is 5. The highest BCUT2D eigenvalue weighted by atomic mass is 127. The van der Waals surface area contributed by atoms with Gasteiger partial charge in [0.15, 0.2) is 5.65 Å². The predicted octanol–water partition coefficient (Wildman–Crippen LogP) is 4.81. The molecule has 0 radical (unpaired) electrons. The highest BCUT2D eigenvalue weighted by molar-refractivity contribution is 14.2. The summed E-state index contributed by atoms with van der Waals surface area (Å²) in [6.45, 7) is 5.59. The molecular weight excluding hydrogens is 515 g/mol. The molecule has 3 aromatic rings. The van der Waals surface area contributed by atoms with Gasteiger partial charge in [0.2, 0.25) is 0 Å². The van der Waals surface area contributed by atoms with E-state index in [0.29, 0.717) is 0 Å². The van der Waals surface area contributed by atoms with Crippen molar-refractivity contribution in [1.82, 2.24) is 24.2 Å². The fourth-order valence-electron chi connectivity index (χ4n) is 3.45. The van der Waals surface area contributed by atoms with E-state index in [1.54, 1.807) is 21.6 Å². The molecule has 3 aromatic heterocycles. The third kappa shape index (κ3) is 4.64. The number of hydrogen-bond donors (Lipinski definition) is 2. The van der Waals surface area contributed by atoms with E-state index >= 15 is 0 Å². The number of fused-ring (bicyclic) bond motifs is 1. The zero-order valence-electron chi connectivity index (χ0n) is 16.9. The Bertz CT molecular complexity index is 1050. The average Bonchev–Trinajstić information content (AvgIpc) is 3.09. The summed E-state index contributed by atoms with van der Waals surface area (Å²) in [7, 11) is 1.57. The zero-order valence-corrected chi connectivity index (χ0v) is 19.9. The SMILES string of the molecule is CC(C)(C)OC(=O)N[C@H]1C[C@@H](Nc2c(-c3ccncn3)cnc3c2ccn3SI)C1. The lowest BCUT2D eigenvalue weighted by Crippen LogP contribution is -2.50. The van der Waals surface area contributed by atoms with Gasteiger partial charge in [0.25, 0.3) is 0 Å². The lowest BCUT2D eigenvalue weighted by atomic mass is 9.86. The van der Waals surface area contributed by atoms with Crippen molar-refractivity contribution in [2.75, 3.05) is 5.32 Å². The molecule has 0 atom stereocenters. The molecule has 0 saturated heterocycles. The molecule has 1 amide bonds. The van der Waals surface area contributed by atoms with Crippen LogP contribution in [0.4, 0.5) is 10.5 Å². The maximum absolute atomic E-state index is 12.0. The van der Waals surface area contributed by atoms with Crippen LogP contribution in [-0.2, 0) is 4.74 Å². The first-order valence-corrected chi connectivity index (χ1v) is 13.0. The summed E-state index contributed by atoms with van der Waals surface area (Å²) in [6, 6.07) is 4.29. The number of nitrogens with zero attached hydrogens (tertiary/aromatic N) is 4. The maximum Gasteiger partial charge on any atom is 0.407 e. The molecule has 1 fully saturated rings. The molecule has 3 heterocycles. The summed E-state index contributed by atoms with van der Waals surface area (Å²) in [5.74, 6) is 0. The van der Waals surface area contributed by atoms with Gasteiger partial charge in [0.1, 0.15) is 11.9 Å². The van der Waals surface area contributed by atoms with E-state index in [1.165, 1.54) is 0 Å². The zero-order chi connectivity index (χ0) is 21.3. The van der Waals surface area contributed by atoms with Crippen LogP contribution < -0.4 is 10.6 Å². The normalized spacial score (nSPS) is 18.7. The summed E-state index contributed by atoms with van der Waals surface area (Å²) in [5.41, 5.74) is 3.16.